The molecular formula is C20H21BrN2O3. The summed E-state index contributed by atoms with van der Waals surface area (Å²) in [6, 6.07) is 14.6. The summed E-state index contributed by atoms with van der Waals surface area (Å²) in [5.74, 6) is 0.628. The van der Waals surface area contributed by atoms with Gasteiger partial charge in [0.2, 0.25) is 0 Å². The van der Waals surface area contributed by atoms with Crippen molar-refractivity contribution in [2.75, 3.05) is 33.3 Å². The van der Waals surface area contributed by atoms with Gasteiger partial charge in [-0.3, -0.25) is 9.59 Å². The first-order valence-corrected chi connectivity index (χ1v) is 9.36. The van der Waals surface area contributed by atoms with Crippen LogP contribution in [0.25, 0.3) is 0 Å². The summed E-state index contributed by atoms with van der Waals surface area (Å²) in [5.41, 5.74) is 1.26. The molecule has 2 aromatic rings. The van der Waals surface area contributed by atoms with Crippen LogP contribution in [0.1, 0.15) is 27.1 Å². The van der Waals surface area contributed by atoms with Gasteiger partial charge in [0.25, 0.3) is 11.8 Å². The van der Waals surface area contributed by atoms with Gasteiger partial charge in [-0.1, -0.05) is 18.2 Å². The highest BCUT2D eigenvalue weighted by Gasteiger charge is 2.24. The number of hydrogen-bond donors (Lipinski definition) is 0. The molecule has 136 valence electrons. The summed E-state index contributed by atoms with van der Waals surface area (Å²) in [7, 11) is 1.58. The van der Waals surface area contributed by atoms with Gasteiger partial charge in [0.05, 0.1) is 12.7 Å². The standard InChI is InChI=1S/C20H21BrN2O3/c1-26-16-7-4-6-15(14-16)19(24)22-10-5-11-23(13-12-22)20(25)17-8-2-3-9-18(17)21/h2-4,6-9,14H,5,10-13H2,1H3. The Balaban J connectivity index is 1.69. The van der Waals surface area contributed by atoms with Crippen LogP contribution in [0.2, 0.25) is 0 Å². The number of nitrogens with zero attached hydrogens (tertiary/aromatic N) is 2. The maximum absolute atomic E-state index is 12.8. The van der Waals surface area contributed by atoms with E-state index >= 15 is 0 Å². The van der Waals surface area contributed by atoms with Crippen molar-refractivity contribution in [3.8, 4) is 5.75 Å². The molecule has 6 heteroatoms. The third kappa shape index (κ3) is 4.07. The SMILES string of the molecule is COc1cccc(C(=O)N2CCCN(C(=O)c3ccccc3Br)CC2)c1. The minimum absolute atomic E-state index is 0.00634. The third-order valence-corrected chi connectivity index (χ3v) is 5.18. The van der Waals surface area contributed by atoms with E-state index in [1.165, 1.54) is 0 Å². The predicted molar refractivity (Wildman–Crippen MR) is 104 cm³/mol. The van der Waals surface area contributed by atoms with Crippen LogP contribution in [0, 0.1) is 0 Å². The number of carbonyl (C=O) groups excluding carboxylic acids is 2. The molecule has 0 radical (unpaired) electrons. The van der Waals surface area contributed by atoms with Gasteiger partial charge in [0.15, 0.2) is 0 Å². The number of hydrogen-bond acceptors (Lipinski definition) is 3. The molecule has 0 bridgehead atoms. The molecule has 2 amide bonds. The van der Waals surface area contributed by atoms with Crippen LogP contribution < -0.4 is 4.74 Å². The Bertz CT molecular complexity index is 809. The Morgan fingerprint density at radius 2 is 1.62 bits per heavy atom. The number of carbonyl (C=O) groups is 2. The normalized spacial score (nSPS) is 14.7. The minimum atomic E-state index is -0.0286. The van der Waals surface area contributed by atoms with Gasteiger partial charge in [0.1, 0.15) is 5.75 Å². The van der Waals surface area contributed by atoms with Gasteiger partial charge in [-0.15, -0.1) is 0 Å². The summed E-state index contributed by atoms with van der Waals surface area (Å²) < 4.78 is 5.99. The molecule has 5 nitrogen and oxygen atoms in total. The fraction of sp³-hybridized carbons (Fsp3) is 0.300. The highest BCUT2D eigenvalue weighted by atomic mass is 79.9. The molecule has 3 rings (SSSR count). The van der Waals surface area contributed by atoms with E-state index in [1.54, 1.807) is 19.2 Å². The van der Waals surface area contributed by atoms with Crippen molar-refractivity contribution in [1.82, 2.24) is 9.80 Å². The number of methoxy groups -OCH3 is 1. The van der Waals surface area contributed by atoms with Crippen molar-refractivity contribution in [3.05, 3.63) is 64.1 Å². The maximum Gasteiger partial charge on any atom is 0.255 e. The summed E-state index contributed by atoms with van der Waals surface area (Å²) in [6.45, 7) is 2.32. The van der Waals surface area contributed by atoms with Gasteiger partial charge < -0.3 is 14.5 Å². The van der Waals surface area contributed by atoms with Gasteiger partial charge in [-0.2, -0.15) is 0 Å². The van der Waals surface area contributed by atoms with Crippen molar-refractivity contribution < 1.29 is 14.3 Å². The molecule has 1 fully saturated rings. The number of halogens is 1. The molecule has 0 atom stereocenters. The number of amides is 2. The Hall–Kier alpha value is -2.34. The average molecular weight is 417 g/mol. The molecule has 0 N–H and O–H groups in total. The van der Waals surface area contributed by atoms with E-state index in [0.717, 1.165) is 10.9 Å². The van der Waals surface area contributed by atoms with Gasteiger partial charge in [-0.25, -0.2) is 0 Å². The van der Waals surface area contributed by atoms with E-state index in [1.807, 2.05) is 46.2 Å². The molecular weight excluding hydrogens is 396 g/mol. The number of ether oxygens (including phenoxy) is 1. The lowest BCUT2D eigenvalue weighted by Crippen LogP contribution is -2.37. The summed E-state index contributed by atoms with van der Waals surface area (Å²) in [5, 5.41) is 0. The van der Waals surface area contributed by atoms with Gasteiger partial charge >= 0.3 is 0 Å². The molecule has 0 aromatic heterocycles. The van der Waals surface area contributed by atoms with Crippen LogP contribution >= 0.6 is 15.9 Å². The van der Waals surface area contributed by atoms with Crippen LogP contribution in [0.3, 0.4) is 0 Å². The van der Waals surface area contributed by atoms with E-state index in [4.69, 9.17) is 4.74 Å². The minimum Gasteiger partial charge on any atom is -0.497 e. The molecule has 1 aliphatic rings. The van der Waals surface area contributed by atoms with Crippen molar-refractivity contribution in [2.45, 2.75) is 6.42 Å². The molecule has 26 heavy (non-hydrogen) atoms. The third-order valence-electron chi connectivity index (χ3n) is 4.49. The molecule has 0 unspecified atom stereocenters. The Morgan fingerprint density at radius 3 is 2.31 bits per heavy atom. The van der Waals surface area contributed by atoms with Crippen LogP contribution in [0.15, 0.2) is 53.0 Å². The van der Waals surface area contributed by atoms with Crippen molar-refractivity contribution in [1.29, 1.82) is 0 Å². The Labute approximate surface area is 161 Å². The second kappa shape index (κ2) is 8.36. The number of benzene rings is 2. The Kier molecular flexibility index (Phi) is 5.93. The average Bonchev–Trinajstić information content (AvgIpc) is 2.93. The smallest absolute Gasteiger partial charge is 0.255 e. The fourth-order valence-corrected chi connectivity index (χ4v) is 3.52. The van der Waals surface area contributed by atoms with Crippen LogP contribution in [0.5, 0.6) is 5.75 Å². The summed E-state index contributed by atoms with van der Waals surface area (Å²) in [6.07, 6.45) is 0.756. The number of rotatable bonds is 3. The second-order valence-electron chi connectivity index (χ2n) is 6.15. The Morgan fingerprint density at radius 1 is 0.923 bits per heavy atom. The lowest BCUT2D eigenvalue weighted by Gasteiger charge is -2.23. The molecule has 1 aliphatic heterocycles. The molecule has 0 saturated carbocycles. The highest BCUT2D eigenvalue weighted by Crippen LogP contribution is 2.20. The molecule has 2 aromatic carbocycles. The molecule has 0 spiro atoms. The second-order valence-corrected chi connectivity index (χ2v) is 7.00. The predicted octanol–water partition coefficient (Wildman–Crippen LogP) is 3.45. The topological polar surface area (TPSA) is 49.9 Å². The maximum atomic E-state index is 12.8. The van der Waals surface area contributed by atoms with Crippen molar-refractivity contribution in [2.24, 2.45) is 0 Å². The van der Waals surface area contributed by atoms with Crippen molar-refractivity contribution in [3.63, 3.8) is 0 Å². The van der Waals surface area contributed by atoms with Crippen LogP contribution in [-0.2, 0) is 0 Å². The lowest BCUT2D eigenvalue weighted by atomic mass is 10.2. The first-order valence-electron chi connectivity index (χ1n) is 8.57. The first kappa shape index (κ1) is 18.5. The lowest BCUT2D eigenvalue weighted by molar-refractivity contribution is 0.0718. The highest BCUT2D eigenvalue weighted by molar-refractivity contribution is 9.10. The van der Waals surface area contributed by atoms with E-state index in [2.05, 4.69) is 15.9 Å². The fourth-order valence-electron chi connectivity index (χ4n) is 3.07. The van der Waals surface area contributed by atoms with E-state index in [-0.39, 0.29) is 11.8 Å². The quantitative estimate of drug-likeness (QED) is 0.769. The largest absolute Gasteiger partial charge is 0.497 e. The summed E-state index contributed by atoms with van der Waals surface area (Å²) in [4.78, 5) is 29.2. The van der Waals surface area contributed by atoms with Crippen molar-refractivity contribution >= 4 is 27.7 Å². The van der Waals surface area contributed by atoms with E-state index in [0.29, 0.717) is 43.1 Å². The first-order chi connectivity index (χ1) is 12.6. The molecule has 1 saturated heterocycles. The summed E-state index contributed by atoms with van der Waals surface area (Å²) >= 11 is 3.44. The molecule has 0 aliphatic carbocycles. The van der Waals surface area contributed by atoms with Gasteiger partial charge in [-0.05, 0) is 52.7 Å². The zero-order valence-electron chi connectivity index (χ0n) is 14.7. The van der Waals surface area contributed by atoms with Gasteiger partial charge in [0, 0.05) is 36.2 Å². The molecule has 1 heterocycles. The van der Waals surface area contributed by atoms with E-state index in [9.17, 15) is 9.59 Å². The monoisotopic (exact) mass is 416 g/mol. The zero-order chi connectivity index (χ0) is 18.5. The van der Waals surface area contributed by atoms with Crippen LogP contribution in [-0.4, -0.2) is 54.9 Å². The van der Waals surface area contributed by atoms with Crippen LogP contribution in [0.4, 0.5) is 0 Å². The van der Waals surface area contributed by atoms with E-state index < -0.39 is 0 Å². The zero-order valence-corrected chi connectivity index (χ0v) is 16.2.